The van der Waals surface area contributed by atoms with Crippen molar-refractivity contribution in [3.05, 3.63) is 52.8 Å². The molecule has 0 spiro atoms. The van der Waals surface area contributed by atoms with E-state index >= 15 is 0 Å². The van der Waals surface area contributed by atoms with Gasteiger partial charge >= 0.3 is 0 Å². The Morgan fingerprint density at radius 2 is 1.71 bits per heavy atom. The Kier molecular flexibility index (Phi) is 5.59. The highest BCUT2D eigenvalue weighted by atomic mass is 16.5. The molecule has 0 atom stereocenters. The predicted molar refractivity (Wildman–Crippen MR) is 118 cm³/mol. The molecule has 2 aromatic carbocycles. The van der Waals surface area contributed by atoms with E-state index in [4.69, 9.17) is 13.9 Å². The van der Waals surface area contributed by atoms with Crippen LogP contribution >= 0.6 is 0 Å². The molecule has 31 heavy (non-hydrogen) atoms. The summed E-state index contributed by atoms with van der Waals surface area (Å²) in [6.07, 6.45) is 1.94. The number of nitrogens with zero attached hydrogens (tertiary/aromatic N) is 1. The summed E-state index contributed by atoms with van der Waals surface area (Å²) in [5.74, 6) is 0.506. The van der Waals surface area contributed by atoms with Crippen molar-refractivity contribution in [2.75, 3.05) is 32.6 Å². The summed E-state index contributed by atoms with van der Waals surface area (Å²) in [5.41, 5.74) is 3.11. The molecule has 7 nitrogen and oxygen atoms in total. The normalized spacial score (nSPS) is 13.5. The first kappa shape index (κ1) is 20.8. The summed E-state index contributed by atoms with van der Waals surface area (Å²) in [4.78, 5) is 28.1. The first-order chi connectivity index (χ1) is 14.9. The summed E-state index contributed by atoms with van der Waals surface area (Å²) < 4.78 is 16.7. The number of hydrogen-bond acceptors (Lipinski definition) is 5. The maximum absolute atomic E-state index is 13.2. The van der Waals surface area contributed by atoms with Crippen LogP contribution in [0.5, 0.6) is 11.5 Å². The number of furan rings is 1. The minimum absolute atomic E-state index is 0.147. The van der Waals surface area contributed by atoms with E-state index in [-0.39, 0.29) is 11.7 Å². The number of aryl methyl sites for hydroxylation is 2. The number of para-hydroxylation sites is 1. The van der Waals surface area contributed by atoms with Crippen molar-refractivity contribution in [1.82, 2.24) is 4.90 Å². The number of benzene rings is 2. The number of nitrogens with one attached hydrogen (secondary N) is 1. The Morgan fingerprint density at radius 1 is 1.03 bits per heavy atom. The lowest BCUT2D eigenvalue weighted by molar-refractivity contribution is 0.0793. The Hall–Kier alpha value is -3.48. The van der Waals surface area contributed by atoms with E-state index < -0.39 is 5.91 Å². The smallest absolute Gasteiger partial charge is 0.291 e. The van der Waals surface area contributed by atoms with Gasteiger partial charge in [0.05, 0.1) is 25.5 Å². The Labute approximate surface area is 180 Å². The van der Waals surface area contributed by atoms with E-state index in [2.05, 4.69) is 5.32 Å². The Bertz CT molecular complexity index is 1160. The number of rotatable bonds is 5. The number of fused-ring (bicyclic) bond motifs is 1. The molecular formula is C24H26N2O5. The largest absolute Gasteiger partial charge is 0.493 e. The summed E-state index contributed by atoms with van der Waals surface area (Å²) in [6.45, 7) is 5.18. The van der Waals surface area contributed by atoms with Crippen molar-refractivity contribution < 1.29 is 23.5 Å². The SMILES string of the molecule is COc1cc(NC(=O)c2oc3c(C)cccc3c2C)c(C(=O)N2CCCC2)cc1OC. The Balaban J connectivity index is 1.74. The fourth-order valence-electron chi connectivity index (χ4n) is 4.03. The standard InChI is InChI=1S/C24H26N2O5/c1-14-8-7-9-16-15(2)22(31-21(14)16)23(27)25-18-13-20(30-4)19(29-3)12-17(18)24(28)26-10-5-6-11-26/h7-9,12-13H,5-6,10-11H2,1-4H3,(H,25,27). The van der Waals surface area contributed by atoms with Crippen molar-refractivity contribution in [3.63, 3.8) is 0 Å². The minimum atomic E-state index is -0.421. The molecule has 7 heteroatoms. The molecule has 0 radical (unpaired) electrons. The average molecular weight is 422 g/mol. The van der Waals surface area contributed by atoms with E-state index in [0.717, 1.165) is 29.4 Å². The van der Waals surface area contributed by atoms with E-state index in [1.807, 2.05) is 32.0 Å². The van der Waals surface area contributed by atoms with E-state index in [0.29, 0.717) is 41.4 Å². The lowest BCUT2D eigenvalue weighted by Gasteiger charge is -2.20. The molecule has 1 saturated heterocycles. The molecule has 4 rings (SSSR count). The van der Waals surface area contributed by atoms with Gasteiger partial charge in [-0.25, -0.2) is 0 Å². The molecular weight excluding hydrogens is 396 g/mol. The summed E-state index contributed by atoms with van der Waals surface area (Å²) >= 11 is 0. The molecule has 1 aliphatic rings. The lowest BCUT2D eigenvalue weighted by Crippen LogP contribution is -2.29. The second-order valence-electron chi connectivity index (χ2n) is 7.71. The quantitative estimate of drug-likeness (QED) is 0.652. The third kappa shape index (κ3) is 3.71. The lowest BCUT2D eigenvalue weighted by atomic mass is 10.1. The van der Waals surface area contributed by atoms with Crippen molar-refractivity contribution in [2.24, 2.45) is 0 Å². The average Bonchev–Trinajstić information content (AvgIpc) is 3.42. The zero-order valence-corrected chi connectivity index (χ0v) is 18.2. The van der Waals surface area contributed by atoms with Gasteiger partial charge < -0.3 is 24.1 Å². The molecule has 3 aromatic rings. The van der Waals surface area contributed by atoms with Gasteiger partial charge in [0.1, 0.15) is 5.58 Å². The van der Waals surface area contributed by atoms with E-state index in [1.54, 1.807) is 17.0 Å². The maximum Gasteiger partial charge on any atom is 0.291 e. The van der Waals surface area contributed by atoms with Gasteiger partial charge in [0.25, 0.3) is 11.8 Å². The van der Waals surface area contributed by atoms with Crippen LogP contribution in [0.15, 0.2) is 34.7 Å². The van der Waals surface area contributed by atoms with E-state index in [9.17, 15) is 9.59 Å². The molecule has 1 aromatic heterocycles. The molecule has 2 amide bonds. The number of hydrogen-bond donors (Lipinski definition) is 1. The molecule has 1 N–H and O–H groups in total. The number of methoxy groups -OCH3 is 2. The number of amides is 2. The van der Waals surface area contributed by atoms with Gasteiger partial charge in [-0.1, -0.05) is 18.2 Å². The summed E-state index contributed by atoms with van der Waals surface area (Å²) in [6, 6.07) is 9.03. The molecule has 1 fully saturated rings. The van der Waals surface area contributed by atoms with Gasteiger partial charge in [0.2, 0.25) is 0 Å². The summed E-state index contributed by atoms with van der Waals surface area (Å²) in [7, 11) is 3.03. The highest BCUT2D eigenvalue weighted by Gasteiger charge is 2.26. The number of carbonyl (C=O) groups is 2. The maximum atomic E-state index is 13.2. The van der Waals surface area contributed by atoms with Crippen LogP contribution in [-0.4, -0.2) is 44.0 Å². The minimum Gasteiger partial charge on any atom is -0.493 e. The van der Waals surface area contributed by atoms with Gasteiger partial charge in [0, 0.05) is 30.1 Å². The Morgan fingerprint density at radius 3 is 2.35 bits per heavy atom. The van der Waals surface area contributed by atoms with Crippen LogP contribution in [0, 0.1) is 13.8 Å². The van der Waals surface area contributed by atoms with Crippen molar-refractivity contribution in [1.29, 1.82) is 0 Å². The van der Waals surface area contributed by atoms with Gasteiger partial charge in [-0.15, -0.1) is 0 Å². The molecule has 0 saturated carbocycles. The summed E-state index contributed by atoms with van der Waals surface area (Å²) in [5, 5.41) is 3.76. The molecule has 0 aliphatic carbocycles. The monoisotopic (exact) mass is 422 g/mol. The van der Waals surface area contributed by atoms with Crippen LogP contribution in [0.2, 0.25) is 0 Å². The molecule has 162 valence electrons. The topological polar surface area (TPSA) is 81.0 Å². The highest BCUT2D eigenvalue weighted by molar-refractivity contribution is 6.10. The highest BCUT2D eigenvalue weighted by Crippen LogP contribution is 2.35. The van der Waals surface area contributed by atoms with Crippen LogP contribution < -0.4 is 14.8 Å². The first-order valence-electron chi connectivity index (χ1n) is 10.3. The van der Waals surface area contributed by atoms with Crippen LogP contribution in [0.25, 0.3) is 11.0 Å². The number of anilines is 1. The second kappa shape index (κ2) is 8.34. The zero-order chi connectivity index (χ0) is 22.1. The third-order valence-electron chi connectivity index (χ3n) is 5.76. The molecule has 2 heterocycles. The van der Waals surface area contributed by atoms with Crippen molar-refractivity contribution in [3.8, 4) is 11.5 Å². The molecule has 0 bridgehead atoms. The zero-order valence-electron chi connectivity index (χ0n) is 18.2. The second-order valence-corrected chi connectivity index (χ2v) is 7.71. The number of likely N-dealkylation sites (tertiary alicyclic amines) is 1. The van der Waals surface area contributed by atoms with E-state index in [1.165, 1.54) is 14.2 Å². The predicted octanol–water partition coefficient (Wildman–Crippen LogP) is 4.56. The molecule has 0 unspecified atom stereocenters. The van der Waals surface area contributed by atoms with Crippen molar-refractivity contribution >= 4 is 28.5 Å². The van der Waals surface area contributed by atoms with Crippen LogP contribution in [0.3, 0.4) is 0 Å². The number of ether oxygens (including phenoxy) is 2. The molecule has 1 aliphatic heterocycles. The van der Waals surface area contributed by atoms with Gasteiger partial charge in [0.15, 0.2) is 17.3 Å². The fourth-order valence-corrected chi connectivity index (χ4v) is 4.03. The van der Waals surface area contributed by atoms with Gasteiger partial charge in [-0.05, 0) is 38.3 Å². The van der Waals surface area contributed by atoms with Crippen LogP contribution in [0.1, 0.15) is 44.9 Å². The number of carbonyl (C=O) groups excluding carboxylic acids is 2. The third-order valence-corrected chi connectivity index (χ3v) is 5.76. The van der Waals surface area contributed by atoms with Crippen LogP contribution in [0.4, 0.5) is 5.69 Å². The van der Waals surface area contributed by atoms with Crippen molar-refractivity contribution in [2.45, 2.75) is 26.7 Å². The first-order valence-corrected chi connectivity index (χ1v) is 10.3. The van der Waals surface area contributed by atoms with Crippen LogP contribution in [-0.2, 0) is 0 Å². The van der Waals surface area contributed by atoms with Gasteiger partial charge in [-0.2, -0.15) is 0 Å². The fraction of sp³-hybridized carbons (Fsp3) is 0.333. The van der Waals surface area contributed by atoms with Gasteiger partial charge in [-0.3, -0.25) is 9.59 Å².